The molecule has 0 amide bonds. The van der Waals surface area contributed by atoms with E-state index in [1.165, 1.54) is 0 Å². The van der Waals surface area contributed by atoms with E-state index in [4.69, 9.17) is 9.84 Å². The van der Waals surface area contributed by atoms with E-state index in [0.717, 1.165) is 37.8 Å². The third kappa shape index (κ3) is 4.42. The van der Waals surface area contributed by atoms with E-state index in [-0.39, 0.29) is 5.56 Å². The Kier molecular flexibility index (Phi) is 6.21. The average molecular weight is 433 g/mol. The summed E-state index contributed by atoms with van der Waals surface area (Å²) in [6.07, 6.45) is 2.06. The molecule has 1 heterocycles. The van der Waals surface area contributed by atoms with Gasteiger partial charge in [0.1, 0.15) is 12.4 Å². The number of rotatable bonds is 7. The Balaban J connectivity index is 1.71. The molecule has 0 aliphatic carbocycles. The highest BCUT2D eigenvalue weighted by molar-refractivity contribution is 7.98. The summed E-state index contributed by atoms with van der Waals surface area (Å²) < 4.78 is 6.21. The number of carbonyl (C=O) groups is 1. The van der Waals surface area contributed by atoms with Gasteiger partial charge in [0.05, 0.1) is 5.56 Å². The van der Waals surface area contributed by atoms with E-state index >= 15 is 0 Å². The molecule has 150 valence electrons. The first-order valence-electron chi connectivity index (χ1n) is 9.42. The van der Waals surface area contributed by atoms with Crippen LogP contribution in [0.4, 0.5) is 0 Å². The number of hydrogen-bond donors (Lipinski definition) is 1. The maximum atomic E-state index is 11.2. The maximum absolute atomic E-state index is 11.2. The first-order chi connectivity index (χ1) is 14.7. The molecule has 0 atom stereocenters. The Bertz CT molecular complexity index is 1150. The summed E-state index contributed by atoms with van der Waals surface area (Å²) in [5.41, 5.74) is 4.52. The number of thiophene rings is 1. The van der Waals surface area contributed by atoms with Gasteiger partial charge >= 0.3 is 5.97 Å². The second-order valence-electron chi connectivity index (χ2n) is 6.68. The van der Waals surface area contributed by atoms with E-state index in [1.54, 1.807) is 35.2 Å². The molecular weight excluding hydrogens is 412 g/mol. The third-order valence-corrected chi connectivity index (χ3v) is 6.46. The van der Waals surface area contributed by atoms with Crippen LogP contribution < -0.4 is 4.74 Å². The van der Waals surface area contributed by atoms with Gasteiger partial charge in [-0.1, -0.05) is 42.5 Å². The van der Waals surface area contributed by atoms with Crippen LogP contribution in [0.3, 0.4) is 0 Å². The van der Waals surface area contributed by atoms with Crippen molar-refractivity contribution in [2.75, 3.05) is 6.26 Å². The highest BCUT2D eigenvalue weighted by Crippen LogP contribution is 2.42. The molecule has 0 radical (unpaired) electrons. The Morgan fingerprint density at radius 3 is 2.43 bits per heavy atom. The van der Waals surface area contributed by atoms with Crippen molar-refractivity contribution in [1.82, 2.24) is 0 Å². The van der Waals surface area contributed by atoms with Crippen molar-refractivity contribution < 1.29 is 14.6 Å². The van der Waals surface area contributed by atoms with E-state index in [1.807, 2.05) is 36.4 Å². The highest BCUT2D eigenvalue weighted by atomic mass is 32.2. The summed E-state index contributed by atoms with van der Waals surface area (Å²) in [7, 11) is 0. The van der Waals surface area contributed by atoms with Crippen LogP contribution in [0.25, 0.3) is 21.6 Å². The summed E-state index contributed by atoms with van der Waals surface area (Å²) in [5, 5.41) is 11.2. The number of carboxylic acid groups (broad SMARTS) is 1. The molecule has 3 nitrogen and oxygen atoms in total. The fraction of sp³-hybridized carbons (Fsp3) is 0.0800. The van der Waals surface area contributed by atoms with Gasteiger partial charge in [0, 0.05) is 20.9 Å². The highest BCUT2D eigenvalue weighted by Gasteiger charge is 2.15. The van der Waals surface area contributed by atoms with E-state index in [0.29, 0.717) is 6.61 Å². The molecule has 0 aliphatic heterocycles. The number of aromatic carboxylic acids is 1. The molecule has 0 unspecified atom stereocenters. The second-order valence-corrected chi connectivity index (χ2v) is 8.48. The van der Waals surface area contributed by atoms with Crippen LogP contribution in [-0.2, 0) is 6.61 Å². The van der Waals surface area contributed by atoms with Gasteiger partial charge in [-0.25, -0.2) is 4.79 Å². The molecule has 1 N–H and O–H groups in total. The molecule has 0 saturated carbocycles. The predicted octanol–water partition coefficient (Wildman–Crippen LogP) is 7.08. The quantitative estimate of drug-likeness (QED) is 0.317. The van der Waals surface area contributed by atoms with Crippen molar-refractivity contribution >= 4 is 29.1 Å². The average Bonchev–Trinajstić information content (AvgIpc) is 3.28. The summed E-state index contributed by atoms with van der Waals surface area (Å²) in [6.45, 7) is 0.499. The van der Waals surface area contributed by atoms with E-state index in [9.17, 15) is 4.79 Å². The van der Waals surface area contributed by atoms with Crippen molar-refractivity contribution in [2.45, 2.75) is 11.5 Å². The zero-order valence-corrected chi connectivity index (χ0v) is 18.0. The van der Waals surface area contributed by atoms with Gasteiger partial charge in [-0.3, -0.25) is 0 Å². The van der Waals surface area contributed by atoms with Crippen LogP contribution in [0.5, 0.6) is 5.75 Å². The zero-order valence-electron chi connectivity index (χ0n) is 16.4. The largest absolute Gasteiger partial charge is 0.488 e. The Morgan fingerprint density at radius 2 is 1.73 bits per heavy atom. The minimum Gasteiger partial charge on any atom is -0.488 e. The molecule has 30 heavy (non-hydrogen) atoms. The fourth-order valence-electron chi connectivity index (χ4n) is 3.22. The number of hydrogen-bond acceptors (Lipinski definition) is 4. The van der Waals surface area contributed by atoms with Gasteiger partial charge in [0.15, 0.2) is 0 Å². The molecule has 0 saturated heterocycles. The van der Waals surface area contributed by atoms with Gasteiger partial charge in [-0.2, -0.15) is 0 Å². The lowest BCUT2D eigenvalue weighted by molar-refractivity contribution is 0.0697. The lowest BCUT2D eigenvalue weighted by atomic mass is 10.0. The van der Waals surface area contributed by atoms with E-state index in [2.05, 4.69) is 42.0 Å². The molecule has 0 fully saturated rings. The molecule has 1 aromatic heterocycles. The van der Waals surface area contributed by atoms with Crippen LogP contribution in [0, 0.1) is 0 Å². The van der Waals surface area contributed by atoms with Gasteiger partial charge in [0.2, 0.25) is 0 Å². The van der Waals surface area contributed by atoms with Gasteiger partial charge in [-0.05, 0) is 59.2 Å². The van der Waals surface area contributed by atoms with Crippen molar-refractivity contribution in [1.29, 1.82) is 0 Å². The summed E-state index contributed by atoms with van der Waals surface area (Å²) in [6, 6.07) is 25.5. The minimum atomic E-state index is -0.919. The fourth-order valence-corrected chi connectivity index (χ4v) is 4.57. The number of thioether (sulfide) groups is 1. The normalized spacial score (nSPS) is 10.7. The van der Waals surface area contributed by atoms with Crippen LogP contribution in [0.1, 0.15) is 15.9 Å². The van der Waals surface area contributed by atoms with Crippen LogP contribution in [0.2, 0.25) is 0 Å². The lowest BCUT2D eigenvalue weighted by Gasteiger charge is -2.14. The molecule has 0 spiro atoms. The molecule has 5 heteroatoms. The first kappa shape index (κ1) is 20.3. The van der Waals surface area contributed by atoms with Crippen molar-refractivity contribution in [3.63, 3.8) is 0 Å². The lowest BCUT2D eigenvalue weighted by Crippen LogP contribution is -1.97. The first-order valence-corrected chi connectivity index (χ1v) is 11.5. The Morgan fingerprint density at radius 1 is 0.967 bits per heavy atom. The smallest absolute Gasteiger partial charge is 0.335 e. The van der Waals surface area contributed by atoms with Crippen LogP contribution in [0.15, 0.2) is 89.1 Å². The molecule has 0 bridgehead atoms. The summed E-state index contributed by atoms with van der Waals surface area (Å²) >= 11 is 3.33. The zero-order chi connectivity index (χ0) is 20.9. The second kappa shape index (κ2) is 9.20. The monoisotopic (exact) mass is 432 g/mol. The van der Waals surface area contributed by atoms with Crippen molar-refractivity contribution in [2.24, 2.45) is 0 Å². The van der Waals surface area contributed by atoms with Crippen LogP contribution >= 0.6 is 23.1 Å². The number of carboxylic acids is 1. The summed E-state index contributed by atoms with van der Waals surface area (Å²) in [5.74, 6) is -0.0873. The Labute approximate surface area is 184 Å². The van der Waals surface area contributed by atoms with Crippen molar-refractivity contribution in [3.8, 4) is 27.3 Å². The SMILES string of the molecule is CSc1ccc(OCc2ccccc2)c(-c2ccsc2-c2ccc(C(=O)O)cc2)c1. The molecular formula is C25H20O3S2. The predicted molar refractivity (Wildman–Crippen MR) is 125 cm³/mol. The third-order valence-electron chi connectivity index (χ3n) is 4.77. The van der Waals surface area contributed by atoms with Crippen molar-refractivity contribution in [3.05, 3.63) is 95.4 Å². The minimum absolute atomic E-state index is 0.285. The molecule has 0 aliphatic rings. The van der Waals surface area contributed by atoms with Gasteiger partial charge in [-0.15, -0.1) is 23.1 Å². The molecule has 3 aromatic carbocycles. The number of ether oxygens (including phenoxy) is 1. The maximum Gasteiger partial charge on any atom is 0.335 e. The van der Waals surface area contributed by atoms with E-state index < -0.39 is 5.97 Å². The van der Waals surface area contributed by atoms with Gasteiger partial charge < -0.3 is 9.84 Å². The molecule has 4 aromatic rings. The van der Waals surface area contributed by atoms with Gasteiger partial charge in [0.25, 0.3) is 0 Å². The summed E-state index contributed by atoms with van der Waals surface area (Å²) in [4.78, 5) is 13.4. The topological polar surface area (TPSA) is 46.5 Å². The molecule has 4 rings (SSSR count). The number of benzene rings is 3. The van der Waals surface area contributed by atoms with Crippen LogP contribution in [-0.4, -0.2) is 17.3 Å². The standard InChI is InChI=1S/C25H20O3S2/c1-29-20-11-12-23(28-16-17-5-3-2-4-6-17)22(15-20)21-13-14-30-24(21)18-7-9-19(10-8-18)25(26)27/h2-15H,16H2,1H3,(H,26,27). The Hall–Kier alpha value is -3.02.